The SMILES string of the molecule is Cc1cccc(O)c1CNc1ccc(C(=O)N2CCOCC2)c(F)c1. The lowest BCUT2D eigenvalue weighted by molar-refractivity contribution is 0.0300. The molecule has 2 aromatic rings. The molecule has 5 nitrogen and oxygen atoms in total. The molecule has 6 heteroatoms. The summed E-state index contributed by atoms with van der Waals surface area (Å²) >= 11 is 0. The third-order valence-electron chi connectivity index (χ3n) is 4.35. The van der Waals surface area contributed by atoms with Crippen LogP contribution in [-0.4, -0.2) is 42.2 Å². The maximum absolute atomic E-state index is 14.4. The minimum absolute atomic E-state index is 0.0613. The van der Waals surface area contributed by atoms with E-state index in [1.807, 2.05) is 13.0 Å². The number of hydrogen-bond donors (Lipinski definition) is 2. The van der Waals surface area contributed by atoms with Gasteiger partial charge in [0.05, 0.1) is 18.8 Å². The number of aromatic hydroxyl groups is 1. The molecule has 0 radical (unpaired) electrons. The molecule has 132 valence electrons. The lowest BCUT2D eigenvalue weighted by Gasteiger charge is -2.27. The van der Waals surface area contributed by atoms with Crippen LogP contribution in [0.2, 0.25) is 0 Å². The van der Waals surface area contributed by atoms with E-state index in [-0.39, 0.29) is 17.2 Å². The molecular weight excluding hydrogens is 323 g/mol. The van der Waals surface area contributed by atoms with E-state index in [4.69, 9.17) is 4.74 Å². The zero-order chi connectivity index (χ0) is 17.8. The number of carbonyl (C=O) groups excluding carboxylic acids is 1. The zero-order valence-electron chi connectivity index (χ0n) is 14.1. The van der Waals surface area contributed by atoms with Crippen LogP contribution >= 0.6 is 0 Å². The number of carbonyl (C=O) groups is 1. The van der Waals surface area contributed by atoms with Gasteiger partial charge in [0.25, 0.3) is 5.91 Å². The van der Waals surface area contributed by atoms with Crippen molar-refractivity contribution in [2.75, 3.05) is 31.6 Å². The molecule has 1 aliphatic heterocycles. The molecule has 0 bridgehead atoms. The van der Waals surface area contributed by atoms with Crippen LogP contribution in [0.5, 0.6) is 5.75 Å². The number of aryl methyl sites for hydroxylation is 1. The molecule has 0 spiro atoms. The van der Waals surface area contributed by atoms with E-state index >= 15 is 0 Å². The molecule has 3 rings (SSSR count). The van der Waals surface area contributed by atoms with Crippen molar-refractivity contribution >= 4 is 11.6 Å². The maximum atomic E-state index is 14.4. The van der Waals surface area contributed by atoms with E-state index < -0.39 is 5.82 Å². The van der Waals surface area contributed by atoms with Crippen LogP contribution in [0.3, 0.4) is 0 Å². The second-order valence-corrected chi connectivity index (χ2v) is 6.03. The van der Waals surface area contributed by atoms with Crippen LogP contribution in [0.25, 0.3) is 0 Å². The van der Waals surface area contributed by atoms with Crippen LogP contribution in [0.4, 0.5) is 10.1 Å². The van der Waals surface area contributed by atoms with Crippen molar-refractivity contribution in [2.45, 2.75) is 13.5 Å². The average molecular weight is 344 g/mol. The molecule has 2 aromatic carbocycles. The number of phenols is 1. The highest BCUT2D eigenvalue weighted by Gasteiger charge is 2.21. The standard InChI is InChI=1S/C19H21FN2O3/c1-13-3-2-4-18(23)16(13)12-21-14-5-6-15(17(20)11-14)19(24)22-7-9-25-10-8-22/h2-6,11,21,23H,7-10,12H2,1H3. The van der Waals surface area contributed by atoms with Gasteiger partial charge in [-0.2, -0.15) is 0 Å². The smallest absolute Gasteiger partial charge is 0.256 e. The van der Waals surface area contributed by atoms with Gasteiger partial charge in [0.2, 0.25) is 0 Å². The van der Waals surface area contributed by atoms with Gasteiger partial charge in [-0.15, -0.1) is 0 Å². The first-order valence-electron chi connectivity index (χ1n) is 8.24. The number of nitrogens with zero attached hydrogens (tertiary/aromatic N) is 1. The second kappa shape index (κ2) is 7.53. The lowest BCUT2D eigenvalue weighted by Crippen LogP contribution is -2.41. The monoisotopic (exact) mass is 344 g/mol. The number of morpholine rings is 1. The fourth-order valence-electron chi connectivity index (χ4n) is 2.84. The van der Waals surface area contributed by atoms with Crippen molar-refractivity contribution in [1.82, 2.24) is 4.90 Å². The number of amides is 1. The van der Waals surface area contributed by atoms with Gasteiger partial charge in [-0.05, 0) is 36.8 Å². The largest absolute Gasteiger partial charge is 0.508 e. The summed E-state index contributed by atoms with van der Waals surface area (Å²) in [6, 6.07) is 9.78. The highest BCUT2D eigenvalue weighted by Crippen LogP contribution is 2.23. The molecule has 1 saturated heterocycles. The van der Waals surface area contributed by atoms with Crippen molar-refractivity contribution in [3.8, 4) is 5.75 Å². The van der Waals surface area contributed by atoms with Crippen molar-refractivity contribution in [3.05, 3.63) is 58.9 Å². The Kier molecular flexibility index (Phi) is 5.19. The topological polar surface area (TPSA) is 61.8 Å². The Bertz CT molecular complexity index is 753. The Morgan fingerprint density at radius 1 is 1.28 bits per heavy atom. The molecule has 0 aromatic heterocycles. The number of halogens is 1. The number of anilines is 1. The van der Waals surface area contributed by atoms with Gasteiger partial charge in [-0.3, -0.25) is 4.79 Å². The zero-order valence-corrected chi connectivity index (χ0v) is 14.1. The molecule has 1 aliphatic rings. The summed E-state index contributed by atoms with van der Waals surface area (Å²) in [5, 5.41) is 13.0. The molecule has 1 fully saturated rings. The highest BCUT2D eigenvalue weighted by atomic mass is 19.1. The first kappa shape index (κ1) is 17.2. The first-order valence-corrected chi connectivity index (χ1v) is 8.24. The summed E-state index contributed by atoms with van der Waals surface area (Å²) in [6.07, 6.45) is 0. The molecule has 1 amide bonds. The van der Waals surface area contributed by atoms with Crippen molar-refractivity contribution in [1.29, 1.82) is 0 Å². The first-order chi connectivity index (χ1) is 12.1. The summed E-state index contributed by atoms with van der Waals surface area (Å²) in [7, 11) is 0. The van der Waals surface area contributed by atoms with Gasteiger partial charge in [-0.1, -0.05) is 12.1 Å². The molecule has 0 atom stereocenters. The van der Waals surface area contributed by atoms with Crippen LogP contribution in [0.1, 0.15) is 21.5 Å². The molecule has 25 heavy (non-hydrogen) atoms. The minimum atomic E-state index is -0.560. The fourth-order valence-corrected chi connectivity index (χ4v) is 2.84. The van der Waals surface area contributed by atoms with Crippen LogP contribution in [0.15, 0.2) is 36.4 Å². The molecular formula is C19H21FN2O3. The maximum Gasteiger partial charge on any atom is 0.256 e. The van der Waals surface area contributed by atoms with E-state index in [0.717, 1.165) is 11.1 Å². The Labute approximate surface area is 146 Å². The number of rotatable bonds is 4. The Balaban J connectivity index is 1.70. The number of nitrogens with one attached hydrogen (secondary N) is 1. The van der Waals surface area contributed by atoms with Crippen molar-refractivity contribution in [2.24, 2.45) is 0 Å². The van der Waals surface area contributed by atoms with Crippen LogP contribution in [-0.2, 0) is 11.3 Å². The summed E-state index contributed by atoms with van der Waals surface area (Å²) in [5.41, 5.74) is 2.33. The molecule has 0 aliphatic carbocycles. The minimum Gasteiger partial charge on any atom is -0.508 e. The lowest BCUT2D eigenvalue weighted by atomic mass is 10.1. The predicted molar refractivity (Wildman–Crippen MR) is 93.3 cm³/mol. The van der Waals surface area contributed by atoms with Gasteiger partial charge < -0.3 is 20.1 Å². The van der Waals surface area contributed by atoms with Crippen LogP contribution < -0.4 is 5.32 Å². The summed E-state index contributed by atoms with van der Waals surface area (Å²) < 4.78 is 19.6. The third-order valence-corrected chi connectivity index (χ3v) is 4.35. The number of hydrogen-bond acceptors (Lipinski definition) is 4. The Hall–Kier alpha value is -2.60. The van der Waals surface area contributed by atoms with E-state index in [2.05, 4.69) is 5.32 Å². The molecule has 1 heterocycles. The Morgan fingerprint density at radius 3 is 2.72 bits per heavy atom. The van der Waals surface area contributed by atoms with Gasteiger partial charge in [-0.25, -0.2) is 4.39 Å². The van der Waals surface area contributed by atoms with E-state index in [1.54, 1.807) is 23.1 Å². The molecule has 0 unspecified atom stereocenters. The number of ether oxygens (including phenoxy) is 1. The third kappa shape index (κ3) is 3.91. The summed E-state index contributed by atoms with van der Waals surface area (Å²) in [6.45, 7) is 4.19. The van der Waals surface area contributed by atoms with E-state index in [1.165, 1.54) is 12.1 Å². The number of benzene rings is 2. The van der Waals surface area contributed by atoms with Gasteiger partial charge >= 0.3 is 0 Å². The quantitative estimate of drug-likeness (QED) is 0.895. The van der Waals surface area contributed by atoms with Crippen LogP contribution in [0, 0.1) is 12.7 Å². The van der Waals surface area contributed by atoms with Crippen molar-refractivity contribution in [3.63, 3.8) is 0 Å². The van der Waals surface area contributed by atoms with E-state index in [0.29, 0.717) is 38.5 Å². The summed E-state index contributed by atoms with van der Waals surface area (Å²) in [4.78, 5) is 14.0. The van der Waals surface area contributed by atoms with Gasteiger partial charge in [0, 0.05) is 30.9 Å². The Morgan fingerprint density at radius 2 is 2.04 bits per heavy atom. The summed E-state index contributed by atoms with van der Waals surface area (Å²) in [5.74, 6) is -0.675. The van der Waals surface area contributed by atoms with E-state index in [9.17, 15) is 14.3 Å². The molecule has 2 N–H and O–H groups in total. The second-order valence-electron chi connectivity index (χ2n) is 6.03. The molecule has 0 saturated carbocycles. The fraction of sp³-hybridized carbons (Fsp3) is 0.316. The van der Waals surface area contributed by atoms with Crippen molar-refractivity contribution < 1.29 is 19.0 Å². The normalized spacial score (nSPS) is 14.4. The highest BCUT2D eigenvalue weighted by molar-refractivity contribution is 5.95. The van der Waals surface area contributed by atoms with Gasteiger partial charge in [0.1, 0.15) is 11.6 Å². The predicted octanol–water partition coefficient (Wildman–Crippen LogP) is 2.92. The van der Waals surface area contributed by atoms with Gasteiger partial charge in [0.15, 0.2) is 0 Å². The number of phenolic OH excluding ortho intramolecular Hbond substituents is 1. The average Bonchev–Trinajstić information content (AvgIpc) is 2.61.